The van der Waals surface area contributed by atoms with E-state index in [9.17, 15) is 0 Å². The summed E-state index contributed by atoms with van der Waals surface area (Å²) in [6, 6.07) is 0. The fraction of sp³-hybridized carbons (Fsp3) is 0.692. The second kappa shape index (κ2) is 7.81. The van der Waals surface area contributed by atoms with Crippen LogP contribution in [0.1, 0.15) is 40.5 Å². The van der Waals surface area contributed by atoms with Crippen LogP contribution in [0.15, 0.2) is 23.3 Å². The van der Waals surface area contributed by atoms with Crippen LogP contribution in [0.2, 0.25) is 0 Å². The van der Waals surface area contributed by atoms with Gasteiger partial charge in [-0.3, -0.25) is 0 Å². The number of nitrogens with zero attached hydrogens (tertiary/aromatic N) is 1. The second-order valence-corrected chi connectivity index (χ2v) is 3.95. The van der Waals surface area contributed by atoms with Gasteiger partial charge < -0.3 is 4.90 Å². The molecule has 0 aliphatic carbocycles. The third-order valence-corrected chi connectivity index (χ3v) is 2.34. The highest BCUT2D eigenvalue weighted by Crippen LogP contribution is 2.07. The minimum Gasteiger partial charge on any atom is -0.302 e. The molecular weight excluding hydrogens is 170 g/mol. The van der Waals surface area contributed by atoms with Crippen LogP contribution in [0, 0.1) is 0 Å². The molecule has 0 saturated heterocycles. The van der Waals surface area contributed by atoms with Gasteiger partial charge in [0.05, 0.1) is 0 Å². The van der Waals surface area contributed by atoms with E-state index in [1.54, 1.807) is 0 Å². The molecular formula is C13H25N. The lowest BCUT2D eigenvalue weighted by Gasteiger charge is -2.15. The van der Waals surface area contributed by atoms with Crippen molar-refractivity contribution in [1.29, 1.82) is 0 Å². The van der Waals surface area contributed by atoms with E-state index >= 15 is 0 Å². The van der Waals surface area contributed by atoms with E-state index in [0.717, 1.165) is 13.0 Å². The summed E-state index contributed by atoms with van der Waals surface area (Å²) in [5.41, 5.74) is 2.89. The summed E-state index contributed by atoms with van der Waals surface area (Å²) in [4.78, 5) is 2.37. The van der Waals surface area contributed by atoms with Crippen LogP contribution >= 0.6 is 0 Å². The largest absolute Gasteiger partial charge is 0.302 e. The Labute approximate surface area is 89.5 Å². The van der Waals surface area contributed by atoms with Crippen molar-refractivity contribution in [3.05, 3.63) is 23.3 Å². The predicted octanol–water partition coefficient (Wildman–Crippen LogP) is 3.63. The SMILES string of the molecule is C/C=C(\C=C(/C)CN(C)CCC)CC. The Bertz CT molecular complexity index is 201. The molecule has 0 aromatic carbocycles. The number of hydrogen-bond acceptors (Lipinski definition) is 1. The Hall–Kier alpha value is -0.560. The molecule has 0 radical (unpaired) electrons. The zero-order chi connectivity index (χ0) is 11.0. The molecule has 0 aliphatic heterocycles. The molecule has 0 heterocycles. The molecule has 14 heavy (non-hydrogen) atoms. The van der Waals surface area contributed by atoms with Gasteiger partial charge >= 0.3 is 0 Å². The van der Waals surface area contributed by atoms with Crippen molar-refractivity contribution >= 4 is 0 Å². The van der Waals surface area contributed by atoms with E-state index in [-0.39, 0.29) is 0 Å². The fourth-order valence-corrected chi connectivity index (χ4v) is 1.64. The number of hydrogen-bond donors (Lipinski definition) is 0. The molecule has 0 spiro atoms. The van der Waals surface area contributed by atoms with Crippen molar-refractivity contribution in [3.8, 4) is 0 Å². The summed E-state index contributed by atoms with van der Waals surface area (Å²) in [6.07, 6.45) is 6.87. The van der Waals surface area contributed by atoms with E-state index in [0.29, 0.717) is 0 Å². The van der Waals surface area contributed by atoms with Crippen molar-refractivity contribution in [2.45, 2.75) is 40.5 Å². The molecule has 0 rings (SSSR count). The van der Waals surface area contributed by atoms with Crippen LogP contribution in [-0.4, -0.2) is 25.0 Å². The highest BCUT2D eigenvalue weighted by atomic mass is 15.1. The van der Waals surface area contributed by atoms with Gasteiger partial charge in [-0.15, -0.1) is 0 Å². The van der Waals surface area contributed by atoms with Gasteiger partial charge in [-0.25, -0.2) is 0 Å². The van der Waals surface area contributed by atoms with Crippen LogP contribution in [0.25, 0.3) is 0 Å². The Balaban J connectivity index is 4.11. The molecule has 1 nitrogen and oxygen atoms in total. The van der Waals surface area contributed by atoms with Crippen LogP contribution in [0.3, 0.4) is 0 Å². The summed E-state index contributed by atoms with van der Waals surface area (Å²) in [5, 5.41) is 0. The van der Waals surface area contributed by atoms with E-state index in [4.69, 9.17) is 0 Å². The lowest BCUT2D eigenvalue weighted by atomic mass is 10.1. The lowest BCUT2D eigenvalue weighted by Crippen LogP contribution is -2.21. The Morgan fingerprint density at radius 1 is 1.29 bits per heavy atom. The number of rotatable bonds is 6. The Morgan fingerprint density at radius 2 is 1.93 bits per heavy atom. The predicted molar refractivity (Wildman–Crippen MR) is 65.6 cm³/mol. The van der Waals surface area contributed by atoms with Gasteiger partial charge in [-0.2, -0.15) is 0 Å². The molecule has 0 aromatic rings. The number of likely N-dealkylation sites (N-methyl/N-ethyl adjacent to an activating group) is 1. The summed E-state index contributed by atoms with van der Waals surface area (Å²) < 4.78 is 0. The lowest BCUT2D eigenvalue weighted by molar-refractivity contribution is 0.362. The molecule has 0 aliphatic rings. The van der Waals surface area contributed by atoms with Crippen molar-refractivity contribution in [2.75, 3.05) is 20.1 Å². The smallest absolute Gasteiger partial charge is 0.0190 e. The maximum Gasteiger partial charge on any atom is 0.0190 e. The first-order valence-corrected chi connectivity index (χ1v) is 5.64. The molecule has 0 atom stereocenters. The Kier molecular flexibility index (Phi) is 7.50. The highest BCUT2D eigenvalue weighted by Gasteiger charge is 1.97. The van der Waals surface area contributed by atoms with Gasteiger partial charge in [-0.05, 0) is 40.3 Å². The fourth-order valence-electron chi connectivity index (χ4n) is 1.64. The van der Waals surface area contributed by atoms with Crippen LogP contribution in [-0.2, 0) is 0 Å². The van der Waals surface area contributed by atoms with Gasteiger partial charge in [0.15, 0.2) is 0 Å². The zero-order valence-corrected chi connectivity index (χ0v) is 10.4. The first-order valence-electron chi connectivity index (χ1n) is 5.64. The minimum absolute atomic E-state index is 1.09. The van der Waals surface area contributed by atoms with Crippen molar-refractivity contribution < 1.29 is 0 Å². The monoisotopic (exact) mass is 195 g/mol. The molecule has 0 bridgehead atoms. The van der Waals surface area contributed by atoms with E-state index in [1.165, 1.54) is 24.1 Å². The van der Waals surface area contributed by atoms with Crippen molar-refractivity contribution in [3.63, 3.8) is 0 Å². The van der Waals surface area contributed by atoms with E-state index < -0.39 is 0 Å². The molecule has 0 fully saturated rings. The van der Waals surface area contributed by atoms with Gasteiger partial charge in [0.25, 0.3) is 0 Å². The van der Waals surface area contributed by atoms with E-state index in [1.807, 2.05) is 0 Å². The summed E-state index contributed by atoms with van der Waals surface area (Å²) >= 11 is 0. The normalized spacial score (nSPS) is 13.9. The molecule has 0 aromatic heterocycles. The van der Waals surface area contributed by atoms with Crippen molar-refractivity contribution in [1.82, 2.24) is 4.90 Å². The molecule has 0 amide bonds. The third kappa shape index (κ3) is 5.98. The summed E-state index contributed by atoms with van der Waals surface area (Å²) in [7, 11) is 2.18. The quantitative estimate of drug-likeness (QED) is 0.585. The van der Waals surface area contributed by atoms with Crippen LogP contribution in [0.5, 0.6) is 0 Å². The second-order valence-electron chi connectivity index (χ2n) is 3.95. The van der Waals surface area contributed by atoms with Gasteiger partial charge in [0.2, 0.25) is 0 Å². The average molecular weight is 195 g/mol. The van der Waals surface area contributed by atoms with Crippen LogP contribution < -0.4 is 0 Å². The van der Waals surface area contributed by atoms with E-state index in [2.05, 4.69) is 51.8 Å². The minimum atomic E-state index is 1.09. The molecule has 0 N–H and O–H groups in total. The topological polar surface area (TPSA) is 3.24 Å². The average Bonchev–Trinajstić information content (AvgIpc) is 2.14. The first-order chi connectivity index (χ1) is 6.63. The van der Waals surface area contributed by atoms with Crippen LogP contribution in [0.4, 0.5) is 0 Å². The van der Waals surface area contributed by atoms with Crippen molar-refractivity contribution in [2.24, 2.45) is 0 Å². The third-order valence-electron chi connectivity index (χ3n) is 2.34. The molecule has 0 unspecified atom stereocenters. The molecule has 0 saturated carbocycles. The molecule has 82 valence electrons. The van der Waals surface area contributed by atoms with Gasteiger partial charge in [0.1, 0.15) is 0 Å². The Morgan fingerprint density at radius 3 is 2.36 bits per heavy atom. The number of allylic oxidation sites excluding steroid dienone is 3. The van der Waals surface area contributed by atoms with Gasteiger partial charge in [0, 0.05) is 6.54 Å². The maximum atomic E-state index is 2.37. The summed E-state index contributed by atoms with van der Waals surface area (Å²) in [6.45, 7) is 11.0. The zero-order valence-electron chi connectivity index (χ0n) is 10.4. The first kappa shape index (κ1) is 13.4. The molecule has 1 heteroatoms. The highest BCUT2D eigenvalue weighted by molar-refractivity contribution is 5.22. The maximum absolute atomic E-state index is 2.37. The summed E-state index contributed by atoms with van der Waals surface area (Å²) in [5.74, 6) is 0. The van der Waals surface area contributed by atoms with Gasteiger partial charge in [-0.1, -0.05) is 37.1 Å². The standard InChI is InChI=1S/C13H25N/c1-6-9-14(5)11-12(4)10-13(7-2)8-3/h7,10H,6,8-9,11H2,1-5H3/b12-10+,13-7-.